The van der Waals surface area contributed by atoms with E-state index < -0.39 is 0 Å². The monoisotopic (exact) mass is 292 g/mol. The van der Waals surface area contributed by atoms with Crippen molar-refractivity contribution in [1.29, 1.82) is 0 Å². The van der Waals surface area contributed by atoms with E-state index in [1.807, 2.05) is 0 Å². The average Bonchev–Trinajstić information content (AvgIpc) is 2.84. The van der Waals surface area contributed by atoms with Gasteiger partial charge in [0, 0.05) is 5.92 Å². The van der Waals surface area contributed by atoms with E-state index in [1.165, 1.54) is 0 Å². The van der Waals surface area contributed by atoms with E-state index in [2.05, 4.69) is 6.58 Å². The second-order valence-electron chi connectivity index (χ2n) is 6.52. The molecule has 2 saturated carbocycles. The minimum Gasteiger partial charge on any atom is -0.431 e. The van der Waals surface area contributed by atoms with E-state index in [9.17, 15) is 14.4 Å². The lowest BCUT2D eigenvalue weighted by molar-refractivity contribution is -0.153. The summed E-state index contributed by atoms with van der Waals surface area (Å²) in [7, 11) is 0. The Kier molecular flexibility index (Phi) is 3.19. The Morgan fingerprint density at radius 2 is 1.10 bits per heavy atom. The molecule has 4 fully saturated rings. The largest absolute Gasteiger partial charge is 0.431 e. The first-order valence-electron chi connectivity index (χ1n) is 7.20. The third kappa shape index (κ3) is 1.93. The van der Waals surface area contributed by atoms with Crippen LogP contribution in [0.25, 0.3) is 0 Å². The van der Waals surface area contributed by atoms with Crippen LogP contribution < -0.4 is 0 Å². The molecular formula is C16H20O5. The third-order valence-electron chi connectivity index (χ3n) is 5.62. The molecule has 0 amide bonds. The van der Waals surface area contributed by atoms with E-state index in [-0.39, 0.29) is 49.0 Å². The fourth-order valence-electron chi connectivity index (χ4n) is 4.59. The number of fused-ring (bicyclic) bond motifs is 3. The van der Waals surface area contributed by atoms with Crippen LogP contribution in [0.3, 0.4) is 0 Å². The van der Waals surface area contributed by atoms with Crippen molar-refractivity contribution < 1.29 is 23.9 Å². The number of carbonyl (C=O) groups excluding carboxylic acids is 3. The molecule has 0 aromatic heterocycles. The zero-order chi connectivity index (χ0) is 14.0. The van der Waals surface area contributed by atoms with Crippen LogP contribution in [0.5, 0.6) is 0 Å². The summed E-state index contributed by atoms with van der Waals surface area (Å²) in [6, 6.07) is 0. The van der Waals surface area contributed by atoms with Crippen LogP contribution in [0.4, 0.5) is 0 Å². The van der Waals surface area contributed by atoms with Crippen LogP contribution in [0.1, 0.15) is 33.1 Å². The molecule has 2 aliphatic carbocycles. The van der Waals surface area contributed by atoms with Crippen molar-refractivity contribution in [3.8, 4) is 0 Å². The molecule has 5 nitrogen and oxygen atoms in total. The van der Waals surface area contributed by atoms with Crippen molar-refractivity contribution in [3.05, 3.63) is 12.3 Å². The first kappa shape index (κ1) is 14.3. The van der Waals surface area contributed by atoms with Crippen molar-refractivity contribution >= 4 is 17.9 Å². The summed E-state index contributed by atoms with van der Waals surface area (Å²) in [6.07, 6.45) is 2.95. The second-order valence-corrected chi connectivity index (χ2v) is 6.52. The fourth-order valence-corrected chi connectivity index (χ4v) is 4.59. The zero-order valence-corrected chi connectivity index (χ0v) is 11.0. The highest BCUT2D eigenvalue weighted by molar-refractivity contribution is 5.96. The molecular weight excluding hydrogens is 272 g/mol. The predicted octanol–water partition coefficient (Wildman–Crippen LogP) is 2.06. The number of ether oxygens (including phenoxy) is 2. The van der Waals surface area contributed by atoms with Gasteiger partial charge in [-0.1, -0.05) is 14.0 Å². The molecule has 2 heterocycles. The Hall–Kier alpha value is -1.65. The standard InChI is InChI=1S/C15H16O5.CH4/c1-6-9-2-7-4-11-12(15(18)20-14(11)17)5-8(7)3-10(9)13(16)19-6;/h7-12H,1-5H2;1H4. The van der Waals surface area contributed by atoms with E-state index in [0.29, 0.717) is 30.4 Å². The van der Waals surface area contributed by atoms with Crippen LogP contribution in [0.15, 0.2) is 12.3 Å². The lowest BCUT2D eigenvalue weighted by Crippen LogP contribution is -2.40. The molecule has 114 valence electrons. The number of carbonyl (C=O) groups is 3. The van der Waals surface area contributed by atoms with Gasteiger partial charge in [0.2, 0.25) is 0 Å². The Balaban J connectivity index is 0.00000132. The van der Waals surface area contributed by atoms with Crippen molar-refractivity contribution in [2.75, 3.05) is 0 Å². The summed E-state index contributed by atoms with van der Waals surface area (Å²) < 4.78 is 9.92. The molecule has 4 rings (SSSR count). The smallest absolute Gasteiger partial charge is 0.317 e. The number of rotatable bonds is 0. The summed E-state index contributed by atoms with van der Waals surface area (Å²) in [5, 5.41) is 0. The summed E-state index contributed by atoms with van der Waals surface area (Å²) >= 11 is 0. The number of esters is 3. The van der Waals surface area contributed by atoms with Gasteiger partial charge in [-0.3, -0.25) is 14.4 Å². The van der Waals surface area contributed by atoms with E-state index >= 15 is 0 Å². The van der Waals surface area contributed by atoms with Crippen LogP contribution in [0.2, 0.25) is 0 Å². The van der Waals surface area contributed by atoms with Gasteiger partial charge in [-0.25, -0.2) is 0 Å². The molecule has 2 aliphatic heterocycles. The highest BCUT2D eigenvalue weighted by Crippen LogP contribution is 2.54. The molecule has 5 heteroatoms. The number of allylic oxidation sites excluding steroid dienone is 1. The quantitative estimate of drug-likeness (QED) is 0.505. The van der Waals surface area contributed by atoms with Crippen LogP contribution in [0, 0.1) is 35.5 Å². The van der Waals surface area contributed by atoms with Gasteiger partial charge in [-0.15, -0.1) is 0 Å². The number of hydrogen-bond donors (Lipinski definition) is 0. The molecule has 6 unspecified atom stereocenters. The first-order valence-corrected chi connectivity index (χ1v) is 7.20. The molecule has 0 aromatic rings. The molecule has 6 atom stereocenters. The van der Waals surface area contributed by atoms with Gasteiger partial charge in [-0.05, 0) is 37.5 Å². The first-order chi connectivity index (χ1) is 9.54. The lowest BCUT2D eigenvalue weighted by Gasteiger charge is -2.42. The second kappa shape index (κ2) is 4.68. The average molecular weight is 292 g/mol. The molecule has 2 saturated heterocycles. The van der Waals surface area contributed by atoms with Crippen molar-refractivity contribution in [3.63, 3.8) is 0 Å². The highest BCUT2D eigenvalue weighted by atomic mass is 16.6. The van der Waals surface area contributed by atoms with Crippen molar-refractivity contribution in [2.45, 2.75) is 33.1 Å². The minimum absolute atomic E-state index is 0. The molecule has 0 bridgehead atoms. The molecule has 0 N–H and O–H groups in total. The Morgan fingerprint density at radius 3 is 1.62 bits per heavy atom. The normalized spacial score (nSPS) is 44.2. The van der Waals surface area contributed by atoms with Gasteiger partial charge in [-0.2, -0.15) is 0 Å². The molecule has 0 radical (unpaired) electrons. The van der Waals surface area contributed by atoms with E-state index in [1.54, 1.807) is 0 Å². The van der Waals surface area contributed by atoms with Gasteiger partial charge >= 0.3 is 17.9 Å². The maximum absolute atomic E-state index is 11.8. The Morgan fingerprint density at radius 1 is 0.714 bits per heavy atom. The maximum Gasteiger partial charge on any atom is 0.317 e. The van der Waals surface area contributed by atoms with Crippen molar-refractivity contribution in [1.82, 2.24) is 0 Å². The topological polar surface area (TPSA) is 69.7 Å². The third-order valence-corrected chi connectivity index (χ3v) is 5.62. The minimum atomic E-state index is -0.376. The van der Waals surface area contributed by atoms with Crippen LogP contribution >= 0.6 is 0 Å². The fraction of sp³-hybridized carbons (Fsp3) is 0.688. The number of cyclic esters (lactones) is 3. The maximum atomic E-state index is 11.8. The molecule has 21 heavy (non-hydrogen) atoms. The lowest BCUT2D eigenvalue weighted by atomic mass is 9.59. The van der Waals surface area contributed by atoms with E-state index in [4.69, 9.17) is 9.47 Å². The Bertz CT molecular complexity index is 445. The van der Waals surface area contributed by atoms with Crippen molar-refractivity contribution in [2.24, 2.45) is 35.5 Å². The summed E-state index contributed by atoms with van der Waals surface area (Å²) in [5.41, 5.74) is 0. The van der Waals surface area contributed by atoms with Gasteiger partial charge in [0.15, 0.2) is 0 Å². The molecule has 0 aromatic carbocycles. The summed E-state index contributed by atoms with van der Waals surface area (Å²) in [5.74, 6) is -0.237. The van der Waals surface area contributed by atoms with Gasteiger partial charge in [0.05, 0.1) is 17.8 Å². The summed E-state index contributed by atoms with van der Waals surface area (Å²) in [6.45, 7) is 3.83. The zero-order valence-electron chi connectivity index (χ0n) is 11.0. The Labute approximate surface area is 123 Å². The van der Waals surface area contributed by atoms with Crippen LogP contribution in [-0.2, 0) is 23.9 Å². The van der Waals surface area contributed by atoms with E-state index in [0.717, 1.165) is 12.8 Å². The van der Waals surface area contributed by atoms with Gasteiger partial charge < -0.3 is 9.47 Å². The van der Waals surface area contributed by atoms with Gasteiger partial charge in [0.1, 0.15) is 5.76 Å². The highest BCUT2D eigenvalue weighted by Gasteiger charge is 2.55. The summed E-state index contributed by atoms with van der Waals surface area (Å²) in [4.78, 5) is 35.2. The SMILES string of the molecule is C.C=C1OC(=O)C2CC3CC4C(=O)OC(=O)C4CC3CC12. The number of hydrogen-bond acceptors (Lipinski definition) is 5. The molecule has 0 spiro atoms. The van der Waals surface area contributed by atoms with Gasteiger partial charge in [0.25, 0.3) is 0 Å². The molecule has 4 aliphatic rings. The predicted molar refractivity (Wildman–Crippen MR) is 72.5 cm³/mol. The van der Waals surface area contributed by atoms with Crippen LogP contribution in [-0.4, -0.2) is 17.9 Å².